The Balaban J connectivity index is 1.39. The number of pyridine rings is 1. The van der Waals surface area contributed by atoms with Crippen molar-refractivity contribution < 1.29 is 9.50 Å². The number of aromatic nitrogens is 3. The standard InChI is InChI=1S/C23H28FN5O/c1-18-3-2-4-21(26-18)16-28-11-10-27(17-23(28)9-12-30)14-19-13-25-29(15-19)22-7-5-20(24)6-8-22/h2-8,13,15,23,30H,9-12,14,16-17H2,1H3. The zero-order chi connectivity index (χ0) is 20.9. The summed E-state index contributed by atoms with van der Waals surface area (Å²) >= 11 is 0. The van der Waals surface area contributed by atoms with E-state index in [4.69, 9.17) is 0 Å². The summed E-state index contributed by atoms with van der Waals surface area (Å²) in [6.45, 7) is 6.59. The van der Waals surface area contributed by atoms with Gasteiger partial charge in [-0.25, -0.2) is 9.07 Å². The molecule has 0 spiro atoms. The van der Waals surface area contributed by atoms with Crippen molar-refractivity contribution in [2.75, 3.05) is 26.2 Å². The number of benzene rings is 1. The maximum absolute atomic E-state index is 13.1. The zero-order valence-electron chi connectivity index (χ0n) is 17.3. The van der Waals surface area contributed by atoms with Crippen LogP contribution >= 0.6 is 0 Å². The first-order valence-electron chi connectivity index (χ1n) is 10.4. The molecule has 1 fully saturated rings. The molecule has 30 heavy (non-hydrogen) atoms. The van der Waals surface area contributed by atoms with E-state index >= 15 is 0 Å². The van der Waals surface area contributed by atoms with Gasteiger partial charge in [0.05, 0.1) is 17.6 Å². The lowest BCUT2D eigenvalue weighted by Crippen LogP contribution is -2.52. The van der Waals surface area contributed by atoms with Crippen LogP contribution in [0.25, 0.3) is 5.69 Å². The lowest BCUT2D eigenvalue weighted by molar-refractivity contribution is 0.0491. The Morgan fingerprint density at radius 3 is 2.70 bits per heavy atom. The van der Waals surface area contributed by atoms with Crippen molar-refractivity contribution in [3.8, 4) is 5.69 Å². The first kappa shape index (κ1) is 20.7. The molecule has 1 N–H and O–H groups in total. The van der Waals surface area contributed by atoms with Crippen LogP contribution in [0.3, 0.4) is 0 Å². The summed E-state index contributed by atoms with van der Waals surface area (Å²) in [5.74, 6) is -0.250. The average Bonchev–Trinajstić information content (AvgIpc) is 3.19. The maximum atomic E-state index is 13.1. The molecule has 1 saturated heterocycles. The van der Waals surface area contributed by atoms with Crippen molar-refractivity contribution in [1.29, 1.82) is 0 Å². The van der Waals surface area contributed by atoms with E-state index in [0.29, 0.717) is 6.04 Å². The largest absolute Gasteiger partial charge is 0.396 e. The van der Waals surface area contributed by atoms with Crippen LogP contribution in [0.4, 0.5) is 4.39 Å². The molecule has 0 bridgehead atoms. The number of piperazine rings is 1. The molecule has 1 atom stereocenters. The third-order valence-corrected chi connectivity index (χ3v) is 5.60. The van der Waals surface area contributed by atoms with Gasteiger partial charge in [-0.1, -0.05) is 6.07 Å². The fourth-order valence-corrected chi connectivity index (χ4v) is 4.06. The summed E-state index contributed by atoms with van der Waals surface area (Å²) in [4.78, 5) is 9.47. The summed E-state index contributed by atoms with van der Waals surface area (Å²) < 4.78 is 14.9. The van der Waals surface area contributed by atoms with Crippen LogP contribution in [0.2, 0.25) is 0 Å². The molecule has 1 aromatic carbocycles. The van der Waals surface area contributed by atoms with Gasteiger partial charge >= 0.3 is 0 Å². The van der Waals surface area contributed by atoms with Crippen LogP contribution in [0.5, 0.6) is 0 Å². The minimum Gasteiger partial charge on any atom is -0.396 e. The number of hydrogen-bond acceptors (Lipinski definition) is 5. The highest BCUT2D eigenvalue weighted by Gasteiger charge is 2.27. The molecule has 3 aromatic rings. The van der Waals surface area contributed by atoms with Gasteiger partial charge in [-0.05, 0) is 49.7 Å². The van der Waals surface area contributed by atoms with E-state index in [2.05, 4.69) is 25.9 Å². The number of rotatable bonds is 7. The monoisotopic (exact) mass is 409 g/mol. The molecule has 0 saturated carbocycles. The molecule has 0 amide bonds. The molecule has 2 aromatic heterocycles. The molecule has 1 aliphatic heterocycles. The summed E-state index contributed by atoms with van der Waals surface area (Å²) in [7, 11) is 0. The second kappa shape index (κ2) is 9.47. The second-order valence-corrected chi connectivity index (χ2v) is 7.91. The molecular formula is C23H28FN5O. The normalized spacial score (nSPS) is 18.0. The van der Waals surface area contributed by atoms with Gasteiger partial charge < -0.3 is 5.11 Å². The van der Waals surface area contributed by atoms with Gasteiger partial charge in [0.1, 0.15) is 5.82 Å². The predicted molar refractivity (Wildman–Crippen MR) is 114 cm³/mol. The number of hydrogen-bond donors (Lipinski definition) is 1. The maximum Gasteiger partial charge on any atom is 0.123 e. The van der Waals surface area contributed by atoms with Gasteiger partial charge in [0.25, 0.3) is 0 Å². The highest BCUT2D eigenvalue weighted by molar-refractivity contribution is 5.31. The Hall–Kier alpha value is -2.61. The van der Waals surface area contributed by atoms with E-state index < -0.39 is 0 Å². The van der Waals surface area contributed by atoms with Crippen LogP contribution in [0, 0.1) is 12.7 Å². The SMILES string of the molecule is Cc1cccc(CN2CCN(Cc3cnn(-c4ccc(F)cc4)c3)CC2CCO)n1. The topological polar surface area (TPSA) is 57.4 Å². The van der Waals surface area contributed by atoms with Crippen LogP contribution in [-0.2, 0) is 13.1 Å². The number of aryl methyl sites for hydroxylation is 1. The van der Waals surface area contributed by atoms with Crippen LogP contribution in [0.15, 0.2) is 54.9 Å². The van der Waals surface area contributed by atoms with Crippen molar-refractivity contribution in [3.63, 3.8) is 0 Å². The highest BCUT2D eigenvalue weighted by atomic mass is 19.1. The predicted octanol–water partition coefficient (Wildman–Crippen LogP) is 2.78. The highest BCUT2D eigenvalue weighted by Crippen LogP contribution is 2.18. The van der Waals surface area contributed by atoms with E-state index in [1.807, 2.05) is 31.5 Å². The minimum atomic E-state index is -0.250. The summed E-state index contributed by atoms with van der Waals surface area (Å²) in [6.07, 6.45) is 4.61. The van der Waals surface area contributed by atoms with Gasteiger partial charge in [-0.2, -0.15) is 5.10 Å². The van der Waals surface area contributed by atoms with Gasteiger partial charge in [0, 0.05) is 62.8 Å². The molecule has 6 nitrogen and oxygen atoms in total. The fraction of sp³-hybridized carbons (Fsp3) is 0.391. The minimum absolute atomic E-state index is 0.179. The Kier molecular flexibility index (Phi) is 6.52. The molecule has 3 heterocycles. The molecule has 7 heteroatoms. The van der Waals surface area contributed by atoms with E-state index in [1.54, 1.807) is 16.8 Å². The van der Waals surface area contributed by atoms with Crippen molar-refractivity contribution in [3.05, 3.63) is 77.6 Å². The molecule has 1 aliphatic rings. The van der Waals surface area contributed by atoms with E-state index in [0.717, 1.165) is 61.8 Å². The molecular weight excluding hydrogens is 381 g/mol. The number of aliphatic hydroxyl groups excluding tert-OH is 1. The van der Waals surface area contributed by atoms with Crippen LogP contribution in [-0.4, -0.2) is 62.0 Å². The van der Waals surface area contributed by atoms with E-state index in [1.165, 1.54) is 12.1 Å². The zero-order valence-corrected chi connectivity index (χ0v) is 17.3. The fourth-order valence-electron chi connectivity index (χ4n) is 4.06. The average molecular weight is 410 g/mol. The summed E-state index contributed by atoms with van der Waals surface area (Å²) in [6, 6.07) is 12.8. The molecule has 0 radical (unpaired) electrons. The molecule has 1 unspecified atom stereocenters. The van der Waals surface area contributed by atoms with Gasteiger partial charge in [0.2, 0.25) is 0 Å². The quantitative estimate of drug-likeness (QED) is 0.650. The first-order valence-corrected chi connectivity index (χ1v) is 10.4. The number of aliphatic hydroxyl groups is 1. The van der Waals surface area contributed by atoms with E-state index in [9.17, 15) is 9.50 Å². The molecule has 158 valence electrons. The van der Waals surface area contributed by atoms with Crippen molar-refractivity contribution in [2.45, 2.75) is 32.5 Å². The Bertz CT molecular complexity index is 958. The first-order chi connectivity index (χ1) is 14.6. The Morgan fingerprint density at radius 2 is 1.93 bits per heavy atom. The van der Waals surface area contributed by atoms with Crippen molar-refractivity contribution >= 4 is 0 Å². The lowest BCUT2D eigenvalue weighted by atomic mass is 10.1. The summed E-state index contributed by atoms with van der Waals surface area (Å²) in [5.41, 5.74) is 4.07. The van der Waals surface area contributed by atoms with Crippen molar-refractivity contribution in [2.24, 2.45) is 0 Å². The lowest BCUT2D eigenvalue weighted by Gasteiger charge is -2.41. The van der Waals surface area contributed by atoms with Gasteiger partial charge in [0.15, 0.2) is 0 Å². The van der Waals surface area contributed by atoms with E-state index in [-0.39, 0.29) is 12.4 Å². The summed E-state index contributed by atoms with van der Waals surface area (Å²) in [5, 5.41) is 14.0. The second-order valence-electron chi connectivity index (χ2n) is 7.91. The molecule has 0 aliphatic carbocycles. The molecule has 4 rings (SSSR count). The Labute approximate surface area is 176 Å². The van der Waals surface area contributed by atoms with Crippen molar-refractivity contribution in [1.82, 2.24) is 24.6 Å². The number of halogens is 1. The third-order valence-electron chi connectivity index (χ3n) is 5.60. The van der Waals surface area contributed by atoms with Crippen LogP contribution < -0.4 is 0 Å². The van der Waals surface area contributed by atoms with Gasteiger partial charge in [-0.3, -0.25) is 14.8 Å². The number of nitrogens with zero attached hydrogens (tertiary/aromatic N) is 5. The third kappa shape index (κ3) is 5.11. The van der Waals surface area contributed by atoms with Gasteiger partial charge in [-0.15, -0.1) is 0 Å². The van der Waals surface area contributed by atoms with Crippen LogP contribution in [0.1, 0.15) is 23.4 Å². The smallest absolute Gasteiger partial charge is 0.123 e. The Morgan fingerprint density at radius 1 is 1.10 bits per heavy atom.